The largest absolute Gasteiger partial charge is 0.496 e. The summed E-state index contributed by atoms with van der Waals surface area (Å²) in [6.07, 6.45) is 3.10. The van der Waals surface area contributed by atoms with Crippen LogP contribution in [0.5, 0.6) is 5.75 Å². The zero-order valence-corrected chi connectivity index (χ0v) is 14.5. The summed E-state index contributed by atoms with van der Waals surface area (Å²) in [6, 6.07) is 12.5. The molecule has 0 saturated carbocycles. The summed E-state index contributed by atoms with van der Waals surface area (Å²) in [5.41, 5.74) is 2.63. The molecule has 2 aromatic rings. The molecule has 5 heteroatoms. The lowest BCUT2D eigenvalue weighted by Crippen LogP contribution is -2.11. The first-order valence-electron chi connectivity index (χ1n) is 7.95. The topological polar surface area (TPSA) is 64.6 Å². The molecule has 2 aromatic carbocycles. The second kappa shape index (κ2) is 8.68. The molecule has 0 spiro atoms. The Bertz CT molecular complexity index is 796. The maximum absolute atomic E-state index is 12.2. The third kappa shape index (κ3) is 4.94. The average molecular weight is 339 g/mol. The van der Waals surface area contributed by atoms with E-state index < -0.39 is 5.97 Å². The third-order valence-electron chi connectivity index (χ3n) is 3.56. The van der Waals surface area contributed by atoms with E-state index in [4.69, 9.17) is 9.47 Å². The minimum atomic E-state index is -0.414. The zero-order valence-electron chi connectivity index (χ0n) is 14.5. The van der Waals surface area contributed by atoms with Crippen LogP contribution >= 0.6 is 0 Å². The van der Waals surface area contributed by atoms with Crippen molar-refractivity contribution in [3.63, 3.8) is 0 Å². The Morgan fingerprint density at radius 3 is 2.64 bits per heavy atom. The molecule has 130 valence electrons. The molecule has 25 heavy (non-hydrogen) atoms. The molecule has 0 saturated heterocycles. The summed E-state index contributed by atoms with van der Waals surface area (Å²) < 4.78 is 10.2. The molecule has 0 fully saturated rings. The van der Waals surface area contributed by atoms with Crippen LogP contribution in [0.1, 0.15) is 28.4 Å². The molecular formula is C20H21NO4. The van der Waals surface area contributed by atoms with Crippen molar-refractivity contribution in [2.24, 2.45) is 0 Å². The van der Waals surface area contributed by atoms with Gasteiger partial charge in [0.2, 0.25) is 5.91 Å². The first-order chi connectivity index (χ1) is 12.0. The van der Waals surface area contributed by atoms with E-state index in [0.717, 1.165) is 11.1 Å². The van der Waals surface area contributed by atoms with Gasteiger partial charge in [0.25, 0.3) is 0 Å². The van der Waals surface area contributed by atoms with E-state index in [9.17, 15) is 9.59 Å². The summed E-state index contributed by atoms with van der Waals surface area (Å²) in [5, 5.41) is 2.78. The number of nitrogens with one attached hydrogen (secondary N) is 1. The van der Waals surface area contributed by atoms with Gasteiger partial charge in [0.15, 0.2) is 0 Å². The number of rotatable bonds is 6. The standard InChI is InChI=1S/C20H21NO4/c1-4-25-20(23)16-10-9-14(2)17(13-16)21-19(22)12-11-15-7-5-6-8-18(15)24-3/h5-13H,4H2,1-3H3,(H,21,22)/b12-11+. The van der Waals surface area contributed by atoms with Gasteiger partial charge in [-0.25, -0.2) is 4.79 Å². The molecule has 1 amide bonds. The van der Waals surface area contributed by atoms with E-state index in [1.165, 1.54) is 6.08 Å². The highest BCUT2D eigenvalue weighted by molar-refractivity contribution is 6.03. The lowest BCUT2D eigenvalue weighted by atomic mass is 10.1. The van der Waals surface area contributed by atoms with Crippen molar-refractivity contribution in [1.29, 1.82) is 0 Å². The minimum Gasteiger partial charge on any atom is -0.496 e. The van der Waals surface area contributed by atoms with E-state index in [-0.39, 0.29) is 5.91 Å². The van der Waals surface area contributed by atoms with Crippen LogP contribution < -0.4 is 10.1 Å². The van der Waals surface area contributed by atoms with E-state index in [1.807, 2.05) is 31.2 Å². The van der Waals surface area contributed by atoms with E-state index in [2.05, 4.69) is 5.32 Å². The molecule has 0 aliphatic rings. The van der Waals surface area contributed by atoms with Crippen LogP contribution in [0.2, 0.25) is 0 Å². The van der Waals surface area contributed by atoms with Crippen molar-refractivity contribution in [2.75, 3.05) is 19.0 Å². The Morgan fingerprint density at radius 1 is 1.16 bits per heavy atom. The molecule has 0 atom stereocenters. The first-order valence-corrected chi connectivity index (χ1v) is 7.95. The van der Waals surface area contributed by atoms with E-state index in [1.54, 1.807) is 38.3 Å². The Morgan fingerprint density at radius 2 is 1.92 bits per heavy atom. The number of amides is 1. The van der Waals surface area contributed by atoms with Crippen LogP contribution in [0, 0.1) is 6.92 Å². The molecule has 0 unspecified atom stereocenters. The summed E-state index contributed by atoms with van der Waals surface area (Å²) in [4.78, 5) is 24.0. The highest BCUT2D eigenvalue weighted by atomic mass is 16.5. The monoisotopic (exact) mass is 339 g/mol. The van der Waals surface area contributed by atoms with Gasteiger partial charge in [-0.2, -0.15) is 0 Å². The number of hydrogen-bond acceptors (Lipinski definition) is 4. The van der Waals surface area contributed by atoms with Gasteiger partial charge in [-0.1, -0.05) is 24.3 Å². The van der Waals surface area contributed by atoms with Crippen molar-refractivity contribution >= 4 is 23.6 Å². The maximum atomic E-state index is 12.2. The first kappa shape index (κ1) is 18.3. The normalized spacial score (nSPS) is 10.5. The average Bonchev–Trinajstić information content (AvgIpc) is 2.62. The zero-order chi connectivity index (χ0) is 18.2. The Kier molecular flexibility index (Phi) is 6.34. The summed E-state index contributed by atoms with van der Waals surface area (Å²) >= 11 is 0. The van der Waals surface area contributed by atoms with Crippen molar-refractivity contribution in [2.45, 2.75) is 13.8 Å². The highest BCUT2D eigenvalue weighted by Crippen LogP contribution is 2.20. The number of benzene rings is 2. The van der Waals surface area contributed by atoms with Crippen LogP contribution in [0.15, 0.2) is 48.5 Å². The summed E-state index contributed by atoms with van der Waals surface area (Å²) in [5.74, 6) is -0.0235. The van der Waals surface area contributed by atoms with Crippen molar-refractivity contribution in [3.8, 4) is 5.75 Å². The molecule has 5 nitrogen and oxygen atoms in total. The number of aryl methyl sites for hydroxylation is 1. The van der Waals surface area contributed by atoms with Gasteiger partial charge in [-0.3, -0.25) is 4.79 Å². The van der Waals surface area contributed by atoms with Gasteiger partial charge < -0.3 is 14.8 Å². The predicted molar refractivity (Wildman–Crippen MR) is 97.8 cm³/mol. The SMILES string of the molecule is CCOC(=O)c1ccc(C)c(NC(=O)/C=C/c2ccccc2OC)c1. The fourth-order valence-electron chi connectivity index (χ4n) is 2.24. The number of anilines is 1. The van der Waals surface area contributed by atoms with Crippen LogP contribution in [0.3, 0.4) is 0 Å². The molecular weight excluding hydrogens is 318 g/mol. The van der Waals surface area contributed by atoms with Crippen LogP contribution in [0.4, 0.5) is 5.69 Å². The second-order valence-corrected chi connectivity index (χ2v) is 5.31. The molecule has 2 rings (SSSR count). The Labute approximate surface area is 147 Å². The van der Waals surface area contributed by atoms with E-state index >= 15 is 0 Å². The van der Waals surface area contributed by atoms with Gasteiger partial charge in [-0.15, -0.1) is 0 Å². The third-order valence-corrected chi connectivity index (χ3v) is 3.56. The summed E-state index contributed by atoms with van der Waals surface area (Å²) in [6.45, 7) is 3.90. The Balaban J connectivity index is 2.13. The number of esters is 1. The Hall–Kier alpha value is -3.08. The van der Waals surface area contributed by atoms with Gasteiger partial charge in [0, 0.05) is 17.3 Å². The quantitative estimate of drug-likeness (QED) is 0.642. The van der Waals surface area contributed by atoms with Gasteiger partial charge in [0.05, 0.1) is 19.3 Å². The lowest BCUT2D eigenvalue weighted by Gasteiger charge is -2.09. The second-order valence-electron chi connectivity index (χ2n) is 5.31. The van der Waals surface area contributed by atoms with Gasteiger partial charge in [-0.05, 0) is 43.7 Å². The number of para-hydroxylation sites is 1. The molecule has 0 aliphatic heterocycles. The highest BCUT2D eigenvalue weighted by Gasteiger charge is 2.10. The molecule has 0 aromatic heterocycles. The van der Waals surface area contributed by atoms with E-state index in [0.29, 0.717) is 23.6 Å². The van der Waals surface area contributed by atoms with Gasteiger partial charge >= 0.3 is 5.97 Å². The minimum absolute atomic E-state index is 0.296. The van der Waals surface area contributed by atoms with Crippen LogP contribution in [0.25, 0.3) is 6.08 Å². The van der Waals surface area contributed by atoms with Crippen molar-refractivity contribution in [1.82, 2.24) is 0 Å². The number of ether oxygens (including phenoxy) is 2. The summed E-state index contributed by atoms with van der Waals surface area (Å²) in [7, 11) is 1.58. The molecule has 0 heterocycles. The number of carbonyl (C=O) groups excluding carboxylic acids is 2. The molecule has 0 bridgehead atoms. The predicted octanol–water partition coefficient (Wildman–Crippen LogP) is 3.83. The van der Waals surface area contributed by atoms with Crippen molar-refractivity contribution in [3.05, 3.63) is 65.2 Å². The smallest absolute Gasteiger partial charge is 0.338 e. The number of carbonyl (C=O) groups is 2. The molecule has 0 aliphatic carbocycles. The van der Waals surface area contributed by atoms with Crippen molar-refractivity contribution < 1.29 is 19.1 Å². The molecule has 0 radical (unpaired) electrons. The fourth-order valence-corrected chi connectivity index (χ4v) is 2.24. The maximum Gasteiger partial charge on any atom is 0.338 e. The number of methoxy groups -OCH3 is 1. The van der Waals surface area contributed by atoms with Gasteiger partial charge in [0.1, 0.15) is 5.75 Å². The molecule has 1 N–H and O–H groups in total. The lowest BCUT2D eigenvalue weighted by molar-refractivity contribution is -0.111. The van der Waals surface area contributed by atoms with Crippen LogP contribution in [-0.2, 0) is 9.53 Å². The van der Waals surface area contributed by atoms with Crippen LogP contribution in [-0.4, -0.2) is 25.6 Å². The fraction of sp³-hybridized carbons (Fsp3) is 0.200. The number of hydrogen-bond donors (Lipinski definition) is 1.